The number of rotatable bonds is 1. The van der Waals surface area contributed by atoms with Crippen LogP contribution in [0.4, 0.5) is 0 Å². The molecular formula is C14H15ClS. The fraction of sp³-hybridized carbons (Fsp3) is 0.429. The minimum Gasteiger partial charge on any atom is -0.0918 e. The van der Waals surface area contributed by atoms with Crippen molar-refractivity contribution in [2.75, 3.05) is 0 Å². The first-order valence-electron chi connectivity index (χ1n) is 5.76. The normalized spacial score (nSPS) is 16.6. The van der Waals surface area contributed by atoms with Crippen LogP contribution >= 0.6 is 24.2 Å². The molecule has 1 aromatic rings. The van der Waals surface area contributed by atoms with Crippen LogP contribution in [-0.2, 0) is 0 Å². The van der Waals surface area contributed by atoms with Crippen LogP contribution in [0, 0.1) is 11.2 Å². The van der Waals surface area contributed by atoms with Crippen LogP contribution in [0.3, 0.4) is 0 Å². The van der Waals surface area contributed by atoms with E-state index in [0.717, 1.165) is 10.6 Å². The van der Waals surface area contributed by atoms with Gasteiger partial charge >= 0.3 is 0 Å². The fourth-order valence-electron chi connectivity index (χ4n) is 2.46. The van der Waals surface area contributed by atoms with Gasteiger partial charge in [0.1, 0.15) is 0 Å². The van der Waals surface area contributed by atoms with Crippen molar-refractivity contribution < 1.29 is 0 Å². The summed E-state index contributed by atoms with van der Waals surface area (Å²) in [5.41, 5.74) is 2.40. The van der Waals surface area contributed by atoms with Gasteiger partial charge in [-0.05, 0) is 47.8 Å². The predicted molar refractivity (Wildman–Crippen MR) is 73.1 cm³/mol. The summed E-state index contributed by atoms with van der Waals surface area (Å²) in [5.74, 6) is 3.69. The summed E-state index contributed by atoms with van der Waals surface area (Å²) in [5, 5.41) is 3.49. The van der Waals surface area contributed by atoms with Gasteiger partial charge in [0.05, 0.1) is 0 Å². The Morgan fingerprint density at radius 1 is 1.19 bits per heavy atom. The van der Waals surface area contributed by atoms with Crippen molar-refractivity contribution in [2.24, 2.45) is 0 Å². The lowest BCUT2D eigenvalue weighted by Gasteiger charge is -2.23. The molecule has 0 unspecified atom stereocenters. The molecule has 1 aliphatic rings. The van der Waals surface area contributed by atoms with Gasteiger partial charge in [-0.15, -0.1) is 0 Å². The van der Waals surface area contributed by atoms with Crippen molar-refractivity contribution in [1.82, 2.24) is 0 Å². The summed E-state index contributed by atoms with van der Waals surface area (Å²) in [6.45, 7) is 0. The molecule has 0 heterocycles. The smallest absolute Gasteiger partial charge is 0.0409 e. The van der Waals surface area contributed by atoms with Gasteiger partial charge in [-0.1, -0.05) is 49.4 Å². The second-order valence-corrected chi connectivity index (χ2v) is 4.96. The maximum Gasteiger partial charge on any atom is 0.0409 e. The zero-order valence-electron chi connectivity index (χ0n) is 9.17. The first-order chi connectivity index (χ1) is 7.81. The van der Waals surface area contributed by atoms with Crippen LogP contribution < -0.4 is 0 Å². The Kier molecular flexibility index (Phi) is 4.21. The average molecular weight is 251 g/mol. The van der Waals surface area contributed by atoms with E-state index in [1.54, 1.807) is 0 Å². The molecule has 0 spiro atoms. The predicted octanol–water partition coefficient (Wildman–Crippen LogP) is 4.63. The number of hydrogen-bond acceptors (Lipinski definition) is 1. The molecule has 0 nitrogen and oxygen atoms in total. The standard InChI is InChI=1S/C14H15ClS/c15-13-7-6-12(8-9-16)14(10-13)11-4-2-1-3-5-11/h6-7,10-11,16H,1-5H2. The van der Waals surface area contributed by atoms with Crippen molar-refractivity contribution in [2.45, 2.75) is 38.0 Å². The van der Waals surface area contributed by atoms with Gasteiger partial charge in [0, 0.05) is 10.6 Å². The molecule has 0 N–H and O–H groups in total. The van der Waals surface area contributed by atoms with Gasteiger partial charge in [0.25, 0.3) is 0 Å². The highest BCUT2D eigenvalue weighted by molar-refractivity contribution is 7.85. The molecule has 0 saturated heterocycles. The molecule has 1 aliphatic carbocycles. The highest BCUT2D eigenvalue weighted by atomic mass is 35.5. The lowest BCUT2D eigenvalue weighted by atomic mass is 9.82. The molecule has 2 heteroatoms. The quantitative estimate of drug-likeness (QED) is 0.545. The van der Waals surface area contributed by atoms with E-state index in [0.29, 0.717) is 5.92 Å². The highest BCUT2D eigenvalue weighted by Gasteiger charge is 2.18. The molecule has 0 atom stereocenters. The molecule has 2 rings (SSSR count). The highest BCUT2D eigenvalue weighted by Crippen LogP contribution is 2.35. The monoisotopic (exact) mass is 250 g/mol. The van der Waals surface area contributed by atoms with E-state index in [-0.39, 0.29) is 0 Å². The van der Waals surface area contributed by atoms with Crippen LogP contribution in [-0.4, -0.2) is 0 Å². The van der Waals surface area contributed by atoms with Crippen LogP contribution in [0.2, 0.25) is 5.02 Å². The van der Waals surface area contributed by atoms with Gasteiger partial charge in [-0.2, -0.15) is 0 Å². The minimum atomic E-state index is 0.636. The Bertz CT molecular complexity index is 422. The topological polar surface area (TPSA) is 0 Å². The van der Waals surface area contributed by atoms with E-state index in [1.807, 2.05) is 12.1 Å². The molecule has 0 aromatic heterocycles. The second-order valence-electron chi connectivity index (χ2n) is 4.30. The molecule has 0 amide bonds. The number of benzene rings is 1. The fourth-order valence-corrected chi connectivity index (χ4v) is 2.76. The third kappa shape index (κ3) is 2.75. The van der Waals surface area contributed by atoms with Gasteiger partial charge in [-0.3, -0.25) is 0 Å². The molecular weight excluding hydrogens is 236 g/mol. The lowest BCUT2D eigenvalue weighted by molar-refractivity contribution is 0.443. The molecule has 16 heavy (non-hydrogen) atoms. The van der Waals surface area contributed by atoms with Gasteiger partial charge in [0.2, 0.25) is 0 Å². The van der Waals surface area contributed by atoms with E-state index in [1.165, 1.54) is 37.7 Å². The third-order valence-corrected chi connectivity index (χ3v) is 3.60. The number of hydrogen-bond donors (Lipinski definition) is 1. The molecule has 84 valence electrons. The summed E-state index contributed by atoms with van der Waals surface area (Å²) in [7, 11) is 0. The molecule has 1 saturated carbocycles. The van der Waals surface area contributed by atoms with Crippen LogP contribution in [0.25, 0.3) is 0 Å². The van der Waals surface area contributed by atoms with Crippen molar-refractivity contribution in [3.63, 3.8) is 0 Å². The Labute approximate surface area is 108 Å². The lowest BCUT2D eigenvalue weighted by Crippen LogP contribution is -2.06. The zero-order valence-corrected chi connectivity index (χ0v) is 10.8. The Hall–Kier alpha value is -0.580. The van der Waals surface area contributed by atoms with E-state index in [9.17, 15) is 0 Å². The van der Waals surface area contributed by atoms with Crippen molar-refractivity contribution >= 4 is 24.2 Å². The Morgan fingerprint density at radius 2 is 1.94 bits per heavy atom. The summed E-state index contributed by atoms with van der Waals surface area (Å²) in [6.07, 6.45) is 6.55. The average Bonchev–Trinajstić information content (AvgIpc) is 2.33. The van der Waals surface area contributed by atoms with Gasteiger partial charge < -0.3 is 0 Å². The van der Waals surface area contributed by atoms with Crippen molar-refractivity contribution in [3.05, 3.63) is 34.3 Å². The van der Waals surface area contributed by atoms with Gasteiger partial charge in [-0.25, -0.2) is 0 Å². The van der Waals surface area contributed by atoms with E-state index in [4.69, 9.17) is 11.6 Å². The maximum atomic E-state index is 6.07. The number of halogens is 1. The SMILES string of the molecule is SC#Cc1ccc(Cl)cc1C1CCCCC1. The minimum absolute atomic E-state index is 0.636. The van der Waals surface area contributed by atoms with Gasteiger partial charge in [0.15, 0.2) is 0 Å². The number of thiol groups is 1. The summed E-state index contributed by atoms with van der Waals surface area (Å²) < 4.78 is 0. The van der Waals surface area contributed by atoms with E-state index >= 15 is 0 Å². The summed E-state index contributed by atoms with van der Waals surface area (Å²) >= 11 is 10.0. The Morgan fingerprint density at radius 3 is 2.62 bits per heavy atom. The summed E-state index contributed by atoms with van der Waals surface area (Å²) in [6, 6.07) is 5.99. The van der Waals surface area contributed by atoms with Crippen LogP contribution in [0.1, 0.15) is 49.1 Å². The molecule has 1 fully saturated rings. The first-order valence-corrected chi connectivity index (χ1v) is 6.58. The molecule has 0 aliphatic heterocycles. The second kappa shape index (κ2) is 5.66. The summed E-state index contributed by atoms with van der Waals surface area (Å²) in [4.78, 5) is 0. The van der Waals surface area contributed by atoms with E-state index in [2.05, 4.69) is 29.9 Å². The third-order valence-electron chi connectivity index (χ3n) is 3.25. The largest absolute Gasteiger partial charge is 0.0918 e. The molecule has 0 radical (unpaired) electrons. The van der Waals surface area contributed by atoms with Crippen molar-refractivity contribution in [3.8, 4) is 11.2 Å². The molecule has 1 aromatic carbocycles. The Balaban J connectivity index is 2.34. The molecule has 0 bridgehead atoms. The maximum absolute atomic E-state index is 6.07. The zero-order chi connectivity index (χ0) is 11.4. The first kappa shape index (κ1) is 11.9. The van der Waals surface area contributed by atoms with Crippen LogP contribution in [0.5, 0.6) is 0 Å². The van der Waals surface area contributed by atoms with Crippen LogP contribution in [0.15, 0.2) is 18.2 Å². The van der Waals surface area contributed by atoms with Crippen molar-refractivity contribution in [1.29, 1.82) is 0 Å². The van der Waals surface area contributed by atoms with E-state index < -0.39 is 0 Å².